The van der Waals surface area contributed by atoms with Crippen LogP contribution in [0.5, 0.6) is 5.75 Å². The van der Waals surface area contributed by atoms with Gasteiger partial charge in [-0.05, 0) is 48.1 Å². The van der Waals surface area contributed by atoms with Gasteiger partial charge in [0.15, 0.2) is 5.11 Å². The molecule has 140 valence electrons. The van der Waals surface area contributed by atoms with Crippen LogP contribution in [0.3, 0.4) is 0 Å². The molecule has 0 aliphatic rings. The maximum absolute atomic E-state index is 6.03. The summed E-state index contributed by atoms with van der Waals surface area (Å²) < 4.78 is 6.93. The van der Waals surface area contributed by atoms with Crippen molar-refractivity contribution in [1.29, 1.82) is 0 Å². The third-order valence-corrected chi connectivity index (χ3v) is 4.68. The summed E-state index contributed by atoms with van der Waals surface area (Å²) in [5, 5.41) is 12.1. The van der Waals surface area contributed by atoms with Crippen LogP contribution in [0, 0.1) is 0 Å². The Morgan fingerprint density at radius 1 is 1.11 bits per heavy atom. The number of halogens is 3. The Labute approximate surface area is 176 Å². The van der Waals surface area contributed by atoms with E-state index in [-0.39, 0.29) is 0 Å². The van der Waals surface area contributed by atoms with E-state index >= 15 is 0 Å². The first kappa shape index (κ1) is 19.7. The minimum atomic E-state index is 0.308. The first-order valence-corrected chi connectivity index (χ1v) is 9.24. The SMILES string of the molecule is COc1ccc(Cl)cc1NC(=S)Nc1ncn(Cc2ccc(Cl)c(Cl)c2)n1. The van der Waals surface area contributed by atoms with E-state index in [0.29, 0.717) is 44.1 Å². The fraction of sp³-hybridized carbons (Fsp3) is 0.118. The summed E-state index contributed by atoms with van der Waals surface area (Å²) in [6.45, 7) is 0.494. The van der Waals surface area contributed by atoms with Crippen molar-refractivity contribution in [2.75, 3.05) is 17.7 Å². The topological polar surface area (TPSA) is 64.0 Å². The molecule has 0 aliphatic heterocycles. The molecule has 1 aromatic heterocycles. The van der Waals surface area contributed by atoms with Crippen molar-refractivity contribution < 1.29 is 4.74 Å². The highest BCUT2D eigenvalue weighted by Crippen LogP contribution is 2.27. The summed E-state index contributed by atoms with van der Waals surface area (Å²) in [5.74, 6) is 0.968. The smallest absolute Gasteiger partial charge is 0.248 e. The van der Waals surface area contributed by atoms with Crippen molar-refractivity contribution in [3.63, 3.8) is 0 Å². The number of anilines is 2. The molecule has 0 saturated heterocycles. The third kappa shape index (κ3) is 5.23. The Hall–Kier alpha value is -2.06. The molecule has 0 spiro atoms. The molecule has 0 amide bonds. The van der Waals surface area contributed by atoms with Crippen LogP contribution in [0.1, 0.15) is 5.56 Å². The van der Waals surface area contributed by atoms with Gasteiger partial charge in [0, 0.05) is 5.02 Å². The number of aromatic nitrogens is 3. The first-order valence-electron chi connectivity index (χ1n) is 7.69. The number of methoxy groups -OCH3 is 1. The van der Waals surface area contributed by atoms with Crippen LogP contribution >= 0.6 is 47.0 Å². The monoisotopic (exact) mass is 441 g/mol. The molecule has 6 nitrogen and oxygen atoms in total. The second-order valence-electron chi connectivity index (χ2n) is 5.44. The Morgan fingerprint density at radius 2 is 1.93 bits per heavy atom. The molecule has 0 unspecified atom stereocenters. The zero-order valence-electron chi connectivity index (χ0n) is 14.0. The van der Waals surface area contributed by atoms with Gasteiger partial charge < -0.3 is 10.1 Å². The number of nitrogens with one attached hydrogen (secondary N) is 2. The number of thiocarbonyl (C=S) groups is 1. The van der Waals surface area contributed by atoms with E-state index in [0.717, 1.165) is 5.56 Å². The standard InChI is InChI=1S/C17H14Cl3N5OS/c1-26-15-5-3-11(18)7-14(15)22-17(27)23-16-21-9-25(24-16)8-10-2-4-12(19)13(20)6-10/h2-7,9H,8H2,1H3,(H2,22,23,24,27). The Kier molecular flexibility index (Phi) is 6.38. The summed E-state index contributed by atoms with van der Waals surface area (Å²) in [5.41, 5.74) is 1.59. The van der Waals surface area contributed by atoms with Crippen molar-refractivity contribution in [1.82, 2.24) is 14.8 Å². The van der Waals surface area contributed by atoms with Crippen LogP contribution in [0.15, 0.2) is 42.7 Å². The molecule has 3 rings (SSSR count). The van der Waals surface area contributed by atoms with Crippen molar-refractivity contribution in [2.24, 2.45) is 0 Å². The van der Waals surface area contributed by atoms with E-state index in [9.17, 15) is 0 Å². The maximum atomic E-state index is 6.03. The second kappa shape index (κ2) is 8.75. The molecule has 0 saturated carbocycles. The third-order valence-electron chi connectivity index (χ3n) is 3.50. The quantitative estimate of drug-likeness (QED) is 0.536. The lowest BCUT2D eigenvalue weighted by molar-refractivity contribution is 0.417. The molecular formula is C17H14Cl3N5OS. The number of rotatable bonds is 5. The molecule has 0 bridgehead atoms. The van der Waals surface area contributed by atoms with Crippen molar-refractivity contribution in [3.8, 4) is 5.75 Å². The Morgan fingerprint density at radius 3 is 2.67 bits per heavy atom. The van der Waals surface area contributed by atoms with Crippen LogP contribution in [0.25, 0.3) is 0 Å². The van der Waals surface area contributed by atoms with Crippen LogP contribution in [-0.4, -0.2) is 27.0 Å². The van der Waals surface area contributed by atoms with Gasteiger partial charge in [0.25, 0.3) is 0 Å². The molecule has 27 heavy (non-hydrogen) atoms. The van der Waals surface area contributed by atoms with Gasteiger partial charge in [-0.2, -0.15) is 0 Å². The van der Waals surface area contributed by atoms with Gasteiger partial charge in [0.2, 0.25) is 5.95 Å². The van der Waals surface area contributed by atoms with Crippen LogP contribution in [0.4, 0.5) is 11.6 Å². The maximum Gasteiger partial charge on any atom is 0.248 e. The predicted molar refractivity (Wildman–Crippen MR) is 113 cm³/mol. The molecule has 3 aromatic rings. The van der Waals surface area contributed by atoms with E-state index in [1.807, 2.05) is 6.07 Å². The average molecular weight is 443 g/mol. The van der Waals surface area contributed by atoms with Gasteiger partial charge in [0.1, 0.15) is 12.1 Å². The fourth-order valence-electron chi connectivity index (χ4n) is 2.29. The normalized spacial score (nSPS) is 10.5. The summed E-state index contributed by atoms with van der Waals surface area (Å²) in [4.78, 5) is 4.19. The molecule has 2 aromatic carbocycles. The van der Waals surface area contributed by atoms with Gasteiger partial charge in [-0.1, -0.05) is 40.9 Å². The van der Waals surface area contributed by atoms with Crippen LogP contribution in [0.2, 0.25) is 15.1 Å². The van der Waals surface area contributed by atoms with E-state index < -0.39 is 0 Å². The lowest BCUT2D eigenvalue weighted by atomic mass is 10.2. The van der Waals surface area contributed by atoms with E-state index in [2.05, 4.69) is 20.7 Å². The molecule has 0 atom stereocenters. The largest absolute Gasteiger partial charge is 0.495 e. The van der Waals surface area contributed by atoms with Crippen LogP contribution in [-0.2, 0) is 6.54 Å². The lowest BCUT2D eigenvalue weighted by Gasteiger charge is -2.12. The van der Waals surface area contributed by atoms with Gasteiger partial charge in [-0.15, -0.1) is 5.10 Å². The minimum Gasteiger partial charge on any atom is -0.495 e. The predicted octanol–water partition coefficient (Wildman–Crippen LogP) is 5.10. The molecule has 1 heterocycles. The Balaban J connectivity index is 1.64. The van der Waals surface area contributed by atoms with E-state index in [1.54, 1.807) is 48.5 Å². The summed E-state index contributed by atoms with van der Waals surface area (Å²) in [6.07, 6.45) is 1.59. The highest BCUT2D eigenvalue weighted by molar-refractivity contribution is 7.80. The molecule has 10 heteroatoms. The zero-order chi connectivity index (χ0) is 19.4. The Bertz CT molecular complexity index is 979. The molecule has 0 fully saturated rings. The molecule has 0 aliphatic carbocycles. The minimum absolute atomic E-state index is 0.308. The van der Waals surface area contributed by atoms with Gasteiger partial charge in [0.05, 0.1) is 29.4 Å². The van der Waals surface area contributed by atoms with Crippen molar-refractivity contribution in [3.05, 3.63) is 63.4 Å². The van der Waals surface area contributed by atoms with Gasteiger partial charge >= 0.3 is 0 Å². The van der Waals surface area contributed by atoms with Crippen molar-refractivity contribution >= 4 is 63.8 Å². The highest BCUT2D eigenvalue weighted by atomic mass is 35.5. The van der Waals surface area contributed by atoms with E-state index in [1.165, 1.54) is 0 Å². The summed E-state index contributed by atoms with van der Waals surface area (Å²) in [6, 6.07) is 10.6. The van der Waals surface area contributed by atoms with Crippen molar-refractivity contribution in [2.45, 2.75) is 6.54 Å². The van der Waals surface area contributed by atoms with Crippen LogP contribution < -0.4 is 15.4 Å². The number of ether oxygens (including phenoxy) is 1. The van der Waals surface area contributed by atoms with E-state index in [4.69, 9.17) is 51.8 Å². The number of hydrogen-bond acceptors (Lipinski definition) is 4. The molecular weight excluding hydrogens is 429 g/mol. The molecule has 0 radical (unpaired) electrons. The highest BCUT2D eigenvalue weighted by Gasteiger charge is 2.09. The number of hydrogen-bond donors (Lipinski definition) is 2. The number of nitrogens with zero attached hydrogens (tertiary/aromatic N) is 3. The summed E-state index contributed by atoms with van der Waals surface area (Å²) >= 11 is 23.3. The van der Waals surface area contributed by atoms with Gasteiger partial charge in [-0.3, -0.25) is 5.32 Å². The summed E-state index contributed by atoms with van der Waals surface area (Å²) in [7, 11) is 1.57. The first-order chi connectivity index (χ1) is 12.9. The average Bonchev–Trinajstić information content (AvgIpc) is 3.05. The zero-order valence-corrected chi connectivity index (χ0v) is 17.1. The second-order valence-corrected chi connectivity index (χ2v) is 7.10. The lowest BCUT2D eigenvalue weighted by Crippen LogP contribution is -2.20. The fourth-order valence-corrected chi connectivity index (χ4v) is 2.98. The number of benzene rings is 2. The molecule has 2 N–H and O–H groups in total. The van der Waals surface area contributed by atoms with Gasteiger partial charge in [-0.25, -0.2) is 9.67 Å².